The van der Waals surface area contributed by atoms with Gasteiger partial charge in [0.15, 0.2) is 0 Å². The van der Waals surface area contributed by atoms with Crippen LogP contribution in [0.1, 0.15) is 26.3 Å². The number of aliphatic hydroxyl groups is 2. The molecule has 1 fully saturated rings. The van der Waals surface area contributed by atoms with Crippen LogP contribution in [0.5, 0.6) is 5.75 Å². The van der Waals surface area contributed by atoms with Gasteiger partial charge in [-0.15, -0.1) is 0 Å². The quantitative estimate of drug-likeness (QED) is 0.326. The predicted octanol–water partition coefficient (Wildman–Crippen LogP) is 3.05. The standard InChI is InChI=1S/C23H25BrN6O3/c1-22(10-33-13-4-3-12-7-15(24)20(26)29-16(12)8-13)9-17(18(31)23(22,2)32)30-6-5-14-19(25)27-11-28-21(14)30/h3-8,11,17-18,31-32H,9-10H2,1-2H3,(H2,26,29)(H2,25,27,28)/t17-,18+,22+,23+/m1/s1. The Morgan fingerprint density at radius 1 is 1.18 bits per heavy atom. The van der Waals surface area contributed by atoms with Crippen LogP contribution < -0.4 is 16.2 Å². The van der Waals surface area contributed by atoms with E-state index < -0.39 is 23.2 Å². The topological polar surface area (TPSA) is 145 Å². The summed E-state index contributed by atoms with van der Waals surface area (Å²) in [4.78, 5) is 12.8. The first-order valence-electron chi connectivity index (χ1n) is 10.6. The summed E-state index contributed by atoms with van der Waals surface area (Å²) in [6, 6.07) is 8.90. The van der Waals surface area contributed by atoms with E-state index in [0.29, 0.717) is 40.4 Å². The van der Waals surface area contributed by atoms with Crippen LogP contribution in [0.3, 0.4) is 0 Å². The molecule has 0 bridgehead atoms. The summed E-state index contributed by atoms with van der Waals surface area (Å²) in [5.41, 5.74) is 11.1. The van der Waals surface area contributed by atoms with Crippen molar-refractivity contribution < 1.29 is 14.9 Å². The minimum atomic E-state index is -1.41. The van der Waals surface area contributed by atoms with E-state index in [1.54, 1.807) is 6.92 Å². The van der Waals surface area contributed by atoms with Crippen LogP contribution in [0.25, 0.3) is 21.9 Å². The number of hydrogen-bond donors (Lipinski definition) is 4. The molecule has 1 aliphatic rings. The van der Waals surface area contributed by atoms with Crippen molar-refractivity contribution in [3.8, 4) is 5.75 Å². The molecule has 0 saturated heterocycles. The van der Waals surface area contributed by atoms with Gasteiger partial charge >= 0.3 is 0 Å². The fourth-order valence-electron chi connectivity index (χ4n) is 4.69. The molecular weight excluding hydrogens is 488 g/mol. The molecule has 4 atom stereocenters. The molecule has 1 aromatic carbocycles. The largest absolute Gasteiger partial charge is 0.493 e. The minimum absolute atomic E-state index is 0.196. The van der Waals surface area contributed by atoms with E-state index in [0.717, 1.165) is 9.86 Å². The average Bonchev–Trinajstić information content (AvgIpc) is 3.28. The number of hydrogen-bond acceptors (Lipinski definition) is 8. The Kier molecular flexibility index (Phi) is 5.00. The van der Waals surface area contributed by atoms with Crippen LogP contribution in [0.15, 0.2) is 47.3 Å². The van der Waals surface area contributed by atoms with Crippen molar-refractivity contribution in [2.45, 2.75) is 38.0 Å². The molecule has 3 aromatic heterocycles. The monoisotopic (exact) mass is 512 g/mol. The molecule has 1 saturated carbocycles. The lowest BCUT2D eigenvalue weighted by molar-refractivity contribution is -0.118. The Labute approximate surface area is 198 Å². The van der Waals surface area contributed by atoms with Crippen molar-refractivity contribution in [3.63, 3.8) is 0 Å². The van der Waals surface area contributed by atoms with Crippen LogP contribution in [0.4, 0.5) is 11.6 Å². The molecule has 0 radical (unpaired) electrons. The van der Waals surface area contributed by atoms with Gasteiger partial charge in [0.05, 0.1) is 33.6 Å². The summed E-state index contributed by atoms with van der Waals surface area (Å²) in [6.45, 7) is 3.76. The molecule has 0 amide bonds. The number of anilines is 2. The Balaban J connectivity index is 1.42. The Morgan fingerprint density at radius 3 is 2.76 bits per heavy atom. The van der Waals surface area contributed by atoms with Crippen molar-refractivity contribution >= 4 is 49.5 Å². The Bertz CT molecular complexity index is 1370. The molecule has 9 nitrogen and oxygen atoms in total. The predicted molar refractivity (Wildman–Crippen MR) is 130 cm³/mol. The third-order valence-corrected chi connectivity index (χ3v) is 7.68. The molecule has 3 heterocycles. The van der Waals surface area contributed by atoms with Crippen molar-refractivity contribution in [1.29, 1.82) is 0 Å². The van der Waals surface area contributed by atoms with Crippen LogP contribution in [-0.4, -0.2) is 48.0 Å². The fourth-order valence-corrected chi connectivity index (χ4v) is 5.03. The fraction of sp³-hybridized carbons (Fsp3) is 0.348. The highest BCUT2D eigenvalue weighted by Gasteiger charge is 2.59. The SMILES string of the molecule is C[C@@]1(COc2ccc3cc(Br)c(N)nc3c2)C[C@@H](n2ccc3c(N)ncnc32)[C@H](O)[C@]1(C)O. The zero-order chi connectivity index (χ0) is 23.5. The highest BCUT2D eigenvalue weighted by atomic mass is 79.9. The maximum Gasteiger partial charge on any atom is 0.145 e. The van der Waals surface area contributed by atoms with Gasteiger partial charge in [-0.25, -0.2) is 15.0 Å². The zero-order valence-electron chi connectivity index (χ0n) is 18.2. The number of pyridine rings is 1. The van der Waals surface area contributed by atoms with E-state index in [1.165, 1.54) is 6.33 Å². The van der Waals surface area contributed by atoms with Gasteiger partial charge in [-0.05, 0) is 53.5 Å². The second kappa shape index (κ2) is 7.54. The summed E-state index contributed by atoms with van der Waals surface area (Å²) in [7, 11) is 0. The molecule has 10 heteroatoms. The molecule has 33 heavy (non-hydrogen) atoms. The third kappa shape index (κ3) is 3.40. The van der Waals surface area contributed by atoms with Crippen LogP contribution in [0, 0.1) is 5.41 Å². The van der Waals surface area contributed by atoms with Gasteiger partial charge in [0.2, 0.25) is 0 Å². The second-order valence-electron chi connectivity index (χ2n) is 9.14. The van der Waals surface area contributed by atoms with Gasteiger partial charge in [0.1, 0.15) is 35.5 Å². The van der Waals surface area contributed by atoms with E-state index in [-0.39, 0.29) is 6.61 Å². The molecule has 4 aromatic rings. The van der Waals surface area contributed by atoms with E-state index in [2.05, 4.69) is 30.9 Å². The lowest BCUT2D eigenvalue weighted by atomic mass is 9.77. The number of nitrogen functional groups attached to an aromatic ring is 2. The normalized spacial score (nSPS) is 27.4. The number of ether oxygens (including phenoxy) is 1. The average molecular weight is 513 g/mol. The summed E-state index contributed by atoms with van der Waals surface area (Å²) in [5.74, 6) is 1.39. The van der Waals surface area contributed by atoms with E-state index in [9.17, 15) is 10.2 Å². The van der Waals surface area contributed by atoms with Crippen LogP contribution >= 0.6 is 15.9 Å². The molecule has 0 unspecified atom stereocenters. The number of rotatable bonds is 4. The van der Waals surface area contributed by atoms with Gasteiger partial charge in [-0.3, -0.25) is 0 Å². The number of halogens is 1. The summed E-state index contributed by atoms with van der Waals surface area (Å²) < 4.78 is 8.71. The highest BCUT2D eigenvalue weighted by molar-refractivity contribution is 9.10. The smallest absolute Gasteiger partial charge is 0.145 e. The summed E-state index contributed by atoms with van der Waals surface area (Å²) in [6.07, 6.45) is 2.66. The molecule has 172 valence electrons. The summed E-state index contributed by atoms with van der Waals surface area (Å²) in [5, 5.41) is 24.1. The molecule has 1 aliphatic carbocycles. The second-order valence-corrected chi connectivity index (χ2v) is 10.00. The number of nitrogens with two attached hydrogens (primary N) is 2. The van der Waals surface area contributed by atoms with E-state index >= 15 is 0 Å². The number of nitrogens with zero attached hydrogens (tertiary/aromatic N) is 4. The van der Waals surface area contributed by atoms with Crippen LogP contribution in [0.2, 0.25) is 0 Å². The molecular formula is C23H25BrN6O3. The van der Waals surface area contributed by atoms with E-state index in [4.69, 9.17) is 16.2 Å². The van der Waals surface area contributed by atoms with Gasteiger partial charge in [-0.1, -0.05) is 6.92 Å². The molecule has 5 rings (SSSR count). The number of aromatic nitrogens is 4. The Hall–Kier alpha value is -2.95. The first-order valence-corrected chi connectivity index (χ1v) is 11.4. The minimum Gasteiger partial charge on any atom is -0.493 e. The third-order valence-electron chi connectivity index (χ3n) is 7.05. The van der Waals surface area contributed by atoms with Crippen molar-refractivity contribution in [3.05, 3.63) is 47.3 Å². The first kappa shape index (κ1) is 21.9. The van der Waals surface area contributed by atoms with E-state index in [1.807, 2.05) is 48.0 Å². The zero-order valence-corrected chi connectivity index (χ0v) is 19.8. The maximum absolute atomic E-state index is 11.4. The van der Waals surface area contributed by atoms with Crippen molar-refractivity contribution in [2.24, 2.45) is 5.41 Å². The number of aliphatic hydroxyl groups excluding tert-OH is 1. The molecule has 0 aliphatic heterocycles. The lowest BCUT2D eigenvalue weighted by Gasteiger charge is -2.37. The molecule has 0 spiro atoms. The van der Waals surface area contributed by atoms with Gasteiger partial charge in [-0.2, -0.15) is 0 Å². The van der Waals surface area contributed by atoms with Crippen molar-refractivity contribution in [1.82, 2.24) is 19.5 Å². The summed E-state index contributed by atoms with van der Waals surface area (Å²) >= 11 is 3.39. The van der Waals surface area contributed by atoms with Crippen LogP contribution in [-0.2, 0) is 0 Å². The van der Waals surface area contributed by atoms with Gasteiger partial charge in [0, 0.05) is 23.1 Å². The van der Waals surface area contributed by atoms with Gasteiger partial charge < -0.3 is 31.0 Å². The number of benzene rings is 1. The maximum atomic E-state index is 11.4. The highest BCUT2D eigenvalue weighted by Crippen LogP contribution is 2.52. The Morgan fingerprint density at radius 2 is 1.97 bits per heavy atom. The number of fused-ring (bicyclic) bond motifs is 2. The first-order chi connectivity index (χ1) is 15.6. The van der Waals surface area contributed by atoms with Gasteiger partial charge in [0.25, 0.3) is 0 Å². The molecule has 6 N–H and O–H groups in total. The lowest BCUT2D eigenvalue weighted by Crippen LogP contribution is -2.50. The van der Waals surface area contributed by atoms with Crippen molar-refractivity contribution in [2.75, 3.05) is 18.1 Å².